The highest BCUT2D eigenvalue weighted by Gasteiger charge is 2.30. The summed E-state index contributed by atoms with van der Waals surface area (Å²) in [5.74, 6) is -2.06. The third-order valence-corrected chi connectivity index (χ3v) is 4.84. The molecule has 0 spiro atoms. The van der Waals surface area contributed by atoms with Gasteiger partial charge in [0.2, 0.25) is 0 Å². The summed E-state index contributed by atoms with van der Waals surface area (Å²) in [5.41, 5.74) is 10.2. The van der Waals surface area contributed by atoms with Gasteiger partial charge in [-0.05, 0) is 37.1 Å². The summed E-state index contributed by atoms with van der Waals surface area (Å²) in [6.07, 6.45) is -1.10. The third-order valence-electron chi connectivity index (χ3n) is 4.84. The number of anilines is 3. The molecule has 0 aliphatic heterocycles. The molecule has 1 aromatic carbocycles. The van der Waals surface area contributed by atoms with Crippen LogP contribution in [0.4, 0.5) is 34.9 Å². The number of aromatic nitrogens is 1. The van der Waals surface area contributed by atoms with Crippen LogP contribution >= 0.6 is 0 Å². The van der Waals surface area contributed by atoms with Crippen LogP contribution in [0.5, 0.6) is 0 Å². The van der Waals surface area contributed by atoms with Crippen molar-refractivity contribution in [2.24, 2.45) is 11.5 Å². The summed E-state index contributed by atoms with van der Waals surface area (Å²) >= 11 is 0. The summed E-state index contributed by atoms with van der Waals surface area (Å²) in [6, 6.07) is 4.87. The lowest BCUT2D eigenvalue weighted by Crippen LogP contribution is -2.43. The minimum atomic E-state index is -4.54. The highest BCUT2D eigenvalue weighted by atomic mass is 19.4. The third kappa shape index (κ3) is 4.94. The van der Waals surface area contributed by atoms with E-state index >= 15 is 0 Å². The fourth-order valence-electron chi connectivity index (χ4n) is 3.30. The molecule has 1 aliphatic rings. The Labute approximate surface area is 164 Å². The monoisotopic (exact) mass is 411 g/mol. The molecular weight excluding hydrogens is 390 g/mol. The first-order valence-electron chi connectivity index (χ1n) is 9.12. The highest BCUT2D eigenvalue weighted by molar-refractivity contribution is 5.98. The number of alkyl halides is 3. The maximum absolute atomic E-state index is 14.5. The normalized spacial score (nSPS) is 19.6. The van der Waals surface area contributed by atoms with E-state index in [0.717, 1.165) is 43.9 Å². The van der Waals surface area contributed by atoms with Crippen LogP contribution < -0.4 is 22.1 Å². The SMILES string of the molecule is NC(=O)c1cc(F)c(NC2CCCC[C@@H]2N)nc1Nc1cccc(C(F)(F)F)c1. The molecule has 6 nitrogen and oxygen atoms in total. The van der Waals surface area contributed by atoms with E-state index in [0.29, 0.717) is 0 Å². The minimum absolute atomic E-state index is 0.0294. The van der Waals surface area contributed by atoms with E-state index in [1.807, 2.05) is 0 Å². The average Bonchev–Trinajstić information content (AvgIpc) is 2.65. The Morgan fingerprint density at radius 1 is 1.14 bits per heavy atom. The van der Waals surface area contributed by atoms with Crippen molar-refractivity contribution in [2.75, 3.05) is 10.6 Å². The number of nitrogens with one attached hydrogen (secondary N) is 2. The van der Waals surface area contributed by atoms with Gasteiger partial charge in [0.1, 0.15) is 5.82 Å². The number of pyridine rings is 1. The van der Waals surface area contributed by atoms with E-state index in [9.17, 15) is 22.4 Å². The molecule has 0 saturated heterocycles. The van der Waals surface area contributed by atoms with Crippen molar-refractivity contribution < 1.29 is 22.4 Å². The second kappa shape index (κ2) is 8.24. The van der Waals surface area contributed by atoms with Crippen molar-refractivity contribution in [3.63, 3.8) is 0 Å². The number of hydrogen-bond donors (Lipinski definition) is 4. The van der Waals surface area contributed by atoms with Crippen LogP contribution in [-0.4, -0.2) is 23.0 Å². The van der Waals surface area contributed by atoms with Crippen molar-refractivity contribution in [3.8, 4) is 0 Å². The highest BCUT2D eigenvalue weighted by Crippen LogP contribution is 2.32. The first-order valence-corrected chi connectivity index (χ1v) is 9.12. The zero-order chi connectivity index (χ0) is 21.2. The number of carbonyl (C=O) groups is 1. The molecule has 1 fully saturated rings. The summed E-state index contributed by atoms with van der Waals surface area (Å²) in [7, 11) is 0. The van der Waals surface area contributed by atoms with Gasteiger partial charge in [0.05, 0.1) is 11.1 Å². The first kappa shape index (κ1) is 20.8. The van der Waals surface area contributed by atoms with Crippen LogP contribution in [0.2, 0.25) is 0 Å². The number of halogens is 4. The Kier molecular flexibility index (Phi) is 5.92. The largest absolute Gasteiger partial charge is 0.416 e. The molecule has 6 N–H and O–H groups in total. The molecule has 1 aliphatic carbocycles. The summed E-state index contributed by atoms with van der Waals surface area (Å²) in [4.78, 5) is 15.8. The van der Waals surface area contributed by atoms with E-state index in [-0.39, 0.29) is 35.0 Å². The topological polar surface area (TPSA) is 106 Å². The van der Waals surface area contributed by atoms with Crippen LogP contribution in [0.25, 0.3) is 0 Å². The van der Waals surface area contributed by atoms with E-state index in [1.54, 1.807) is 0 Å². The van der Waals surface area contributed by atoms with Gasteiger partial charge in [-0.25, -0.2) is 9.37 Å². The number of carbonyl (C=O) groups excluding carboxylic acids is 1. The molecule has 1 heterocycles. The Morgan fingerprint density at radius 2 is 1.86 bits per heavy atom. The molecule has 0 bridgehead atoms. The second-order valence-electron chi connectivity index (χ2n) is 6.98. The molecule has 1 aromatic heterocycles. The predicted octanol–water partition coefficient (Wildman–Crippen LogP) is 3.76. The first-order chi connectivity index (χ1) is 13.6. The van der Waals surface area contributed by atoms with Crippen LogP contribution in [0.15, 0.2) is 30.3 Å². The van der Waals surface area contributed by atoms with Crippen LogP contribution in [0.1, 0.15) is 41.6 Å². The van der Waals surface area contributed by atoms with Crippen LogP contribution in [-0.2, 0) is 6.18 Å². The second-order valence-corrected chi connectivity index (χ2v) is 6.98. The molecule has 3 rings (SSSR count). The maximum Gasteiger partial charge on any atom is 0.416 e. The number of rotatable bonds is 5. The summed E-state index contributed by atoms with van der Waals surface area (Å²) in [6.45, 7) is 0. The van der Waals surface area contributed by atoms with Gasteiger partial charge >= 0.3 is 6.18 Å². The Balaban J connectivity index is 1.93. The molecule has 1 unspecified atom stereocenters. The summed E-state index contributed by atoms with van der Waals surface area (Å²) < 4.78 is 53.3. The van der Waals surface area contributed by atoms with Gasteiger partial charge in [-0.2, -0.15) is 13.2 Å². The smallest absolute Gasteiger partial charge is 0.365 e. The zero-order valence-electron chi connectivity index (χ0n) is 15.4. The van der Waals surface area contributed by atoms with Crippen molar-refractivity contribution in [1.82, 2.24) is 4.98 Å². The van der Waals surface area contributed by atoms with Crippen molar-refractivity contribution >= 4 is 23.2 Å². The van der Waals surface area contributed by atoms with Gasteiger partial charge < -0.3 is 22.1 Å². The molecule has 156 valence electrons. The number of hydrogen-bond acceptors (Lipinski definition) is 5. The molecule has 10 heteroatoms. The lowest BCUT2D eigenvalue weighted by molar-refractivity contribution is -0.137. The molecule has 1 amide bonds. The number of benzene rings is 1. The molecule has 1 saturated carbocycles. The molecule has 0 radical (unpaired) electrons. The van der Waals surface area contributed by atoms with Crippen molar-refractivity contribution in [3.05, 3.63) is 47.3 Å². The molecule has 2 aromatic rings. The molecule has 2 atom stereocenters. The van der Waals surface area contributed by atoms with Gasteiger partial charge in [0.15, 0.2) is 11.6 Å². The number of primary amides is 1. The van der Waals surface area contributed by atoms with Gasteiger partial charge in [-0.15, -0.1) is 0 Å². The standard InChI is InChI=1S/C19H21F4N5O/c20-13-9-12(16(25)29)17(26-11-5-3-4-10(8-11)19(21,22)23)28-18(13)27-15-7-2-1-6-14(15)24/h3-5,8-9,14-15H,1-2,6-7,24H2,(H2,25,29)(H2,26,27,28)/t14-,15?/m0/s1. The van der Waals surface area contributed by atoms with E-state index in [4.69, 9.17) is 11.5 Å². The number of amides is 1. The van der Waals surface area contributed by atoms with Crippen LogP contribution in [0, 0.1) is 5.82 Å². The van der Waals surface area contributed by atoms with Gasteiger partial charge in [0, 0.05) is 17.8 Å². The fraction of sp³-hybridized carbons (Fsp3) is 0.368. The minimum Gasteiger partial charge on any atom is -0.365 e. The van der Waals surface area contributed by atoms with Crippen molar-refractivity contribution in [1.29, 1.82) is 0 Å². The Morgan fingerprint density at radius 3 is 2.52 bits per heavy atom. The van der Waals surface area contributed by atoms with Gasteiger partial charge in [0.25, 0.3) is 5.91 Å². The maximum atomic E-state index is 14.5. The number of nitrogens with two attached hydrogens (primary N) is 2. The Hall–Kier alpha value is -2.88. The molecule has 29 heavy (non-hydrogen) atoms. The van der Waals surface area contributed by atoms with Gasteiger partial charge in [-0.1, -0.05) is 18.9 Å². The molecular formula is C19H21F4N5O. The van der Waals surface area contributed by atoms with Gasteiger partial charge in [-0.3, -0.25) is 4.79 Å². The van der Waals surface area contributed by atoms with Crippen molar-refractivity contribution in [2.45, 2.75) is 43.9 Å². The summed E-state index contributed by atoms with van der Waals surface area (Å²) in [5, 5.41) is 5.58. The Bertz CT molecular complexity index is 903. The van der Waals surface area contributed by atoms with E-state index in [1.165, 1.54) is 12.1 Å². The van der Waals surface area contributed by atoms with E-state index in [2.05, 4.69) is 15.6 Å². The number of nitrogens with zero attached hydrogens (tertiary/aromatic N) is 1. The van der Waals surface area contributed by atoms with Crippen LogP contribution in [0.3, 0.4) is 0 Å². The quantitative estimate of drug-likeness (QED) is 0.561. The lowest BCUT2D eigenvalue weighted by atomic mass is 9.91. The average molecular weight is 411 g/mol. The van der Waals surface area contributed by atoms with E-state index < -0.39 is 23.5 Å². The fourth-order valence-corrected chi connectivity index (χ4v) is 3.30. The predicted molar refractivity (Wildman–Crippen MR) is 101 cm³/mol. The lowest BCUT2D eigenvalue weighted by Gasteiger charge is -2.30. The zero-order valence-corrected chi connectivity index (χ0v) is 15.4.